The Morgan fingerprint density at radius 2 is 1.72 bits per heavy atom. The van der Waals surface area contributed by atoms with E-state index in [0.717, 1.165) is 17.5 Å². The first-order chi connectivity index (χ1) is 15.7. The molecule has 0 radical (unpaired) electrons. The van der Waals surface area contributed by atoms with Gasteiger partial charge in [-0.2, -0.15) is 9.97 Å². The molecular weight excluding hydrogens is 407 g/mol. The number of aromatic nitrogens is 5. The van der Waals surface area contributed by atoms with Crippen molar-refractivity contribution in [1.29, 1.82) is 0 Å². The normalized spacial score (nSPS) is 11.6. The van der Waals surface area contributed by atoms with E-state index in [9.17, 15) is 4.39 Å². The van der Waals surface area contributed by atoms with Crippen LogP contribution in [0.1, 0.15) is 24.1 Å². The number of benzene rings is 1. The molecule has 0 saturated heterocycles. The summed E-state index contributed by atoms with van der Waals surface area (Å²) >= 11 is 0. The highest BCUT2D eigenvalue weighted by molar-refractivity contribution is 5.58. The molecule has 0 saturated carbocycles. The summed E-state index contributed by atoms with van der Waals surface area (Å²) in [6.45, 7) is 2.65. The molecule has 162 valence electrons. The summed E-state index contributed by atoms with van der Waals surface area (Å²) in [5, 5.41) is 9.77. The molecule has 0 unspecified atom stereocenters. The number of hydrogen-bond acceptors (Lipinski definition) is 8. The number of anilines is 4. The van der Waals surface area contributed by atoms with Crippen LogP contribution in [0, 0.1) is 5.82 Å². The second kappa shape index (κ2) is 10.3. The van der Waals surface area contributed by atoms with Crippen LogP contribution in [0.5, 0.6) is 0 Å². The molecule has 32 heavy (non-hydrogen) atoms. The Morgan fingerprint density at radius 3 is 2.47 bits per heavy atom. The highest BCUT2D eigenvalue weighted by atomic mass is 19.1. The standard InChI is InChI=1S/C23H23FN8/c1-16(18-4-6-19(24)7-5-18)29-23-31-20(27-10-8-17-3-2-9-25-14-17)13-21(32-23)30-22-15-26-11-12-28-22/h2-7,9,11-16H,8,10H2,1H3,(H3,27,28,29,30,31,32)/t16-/m0/s1. The maximum Gasteiger partial charge on any atom is 0.227 e. The number of nitrogens with one attached hydrogen (secondary N) is 3. The van der Waals surface area contributed by atoms with E-state index in [0.29, 0.717) is 29.9 Å². The molecule has 0 bridgehead atoms. The first-order valence-corrected chi connectivity index (χ1v) is 10.2. The minimum atomic E-state index is -0.271. The fraction of sp³-hybridized carbons (Fsp3) is 0.174. The average Bonchev–Trinajstić information content (AvgIpc) is 2.81. The van der Waals surface area contributed by atoms with Gasteiger partial charge in [0, 0.05) is 37.4 Å². The van der Waals surface area contributed by atoms with Gasteiger partial charge >= 0.3 is 0 Å². The fourth-order valence-corrected chi connectivity index (χ4v) is 3.07. The third-order valence-corrected chi connectivity index (χ3v) is 4.70. The molecule has 8 nitrogen and oxygen atoms in total. The molecule has 0 aliphatic rings. The van der Waals surface area contributed by atoms with Crippen molar-refractivity contribution in [2.45, 2.75) is 19.4 Å². The average molecular weight is 430 g/mol. The number of pyridine rings is 1. The monoisotopic (exact) mass is 430 g/mol. The summed E-state index contributed by atoms with van der Waals surface area (Å²) < 4.78 is 13.3. The Morgan fingerprint density at radius 1 is 0.906 bits per heavy atom. The summed E-state index contributed by atoms with van der Waals surface area (Å²) in [4.78, 5) is 21.6. The smallest absolute Gasteiger partial charge is 0.227 e. The summed E-state index contributed by atoms with van der Waals surface area (Å²) in [5.74, 6) is 1.96. The van der Waals surface area contributed by atoms with Gasteiger partial charge in [0.05, 0.1) is 12.2 Å². The van der Waals surface area contributed by atoms with Gasteiger partial charge in [0.2, 0.25) is 5.95 Å². The van der Waals surface area contributed by atoms with Crippen molar-refractivity contribution in [2.75, 3.05) is 22.5 Å². The van der Waals surface area contributed by atoms with Crippen LogP contribution >= 0.6 is 0 Å². The van der Waals surface area contributed by atoms with Gasteiger partial charge in [-0.15, -0.1) is 0 Å². The van der Waals surface area contributed by atoms with Crippen molar-refractivity contribution in [3.05, 3.63) is 90.4 Å². The molecule has 9 heteroatoms. The maximum atomic E-state index is 13.3. The van der Waals surface area contributed by atoms with E-state index in [-0.39, 0.29) is 11.9 Å². The van der Waals surface area contributed by atoms with Crippen molar-refractivity contribution >= 4 is 23.4 Å². The van der Waals surface area contributed by atoms with Crippen LogP contribution in [0.2, 0.25) is 0 Å². The van der Waals surface area contributed by atoms with Crippen LogP contribution in [0.25, 0.3) is 0 Å². The number of halogens is 1. The first-order valence-electron chi connectivity index (χ1n) is 10.2. The van der Waals surface area contributed by atoms with Gasteiger partial charge in [-0.3, -0.25) is 9.97 Å². The van der Waals surface area contributed by atoms with Gasteiger partial charge in [-0.1, -0.05) is 18.2 Å². The van der Waals surface area contributed by atoms with Gasteiger partial charge in [0.15, 0.2) is 0 Å². The lowest BCUT2D eigenvalue weighted by atomic mass is 10.1. The predicted octanol–water partition coefficient (Wildman–Crippen LogP) is 4.37. The molecular formula is C23H23FN8. The van der Waals surface area contributed by atoms with Gasteiger partial charge < -0.3 is 16.0 Å². The Kier molecular flexibility index (Phi) is 6.76. The summed E-state index contributed by atoms with van der Waals surface area (Å²) in [5.41, 5.74) is 2.06. The van der Waals surface area contributed by atoms with E-state index in [1.54, 1.807) is 36.9 Å². The van der Waals surface area contributed by atoms with E-state index in [1.807, 2.05) is 31.3 Å². The molecule has 3 heterocycles. The lowest BCUT2D eigenvalue weighted by Crippen LogP contribution is -2.13. The van der Waals surface area contributed by atoms with E-state index in [1.165, 1.54) is 12.1 Å². The quantitative estimate of drug-likeness (QED) is 0.360. The topological polar surface area (TPSA) is 101 Å². The van der Waals surface area contributed by atoms with Crippen LogP contribution < -0.4 is 16.0 Å². The minimum absolute atomic E-state index is 0.120. The summed E-state index contributed by atoms with van der Waals surface area (Å²) in [6.07, 6.45) is 9.23. The maximum absolute atomic E-state index is 13.3. The predicted molar refractivity (Wildman–Crippen MR) is 122 cm³/mol. The Hall–Kier alpha value is -4.14. The minimum Gasteiger partial charge on any atom is -0.370 e. The molecule has 1 aromatic carbocycles. The molecule has 0 spiro atoms. The van der Waals surface area contributed by atoms with Crippen LogP contribution in [-0.4, -0.2) is 31.5 Å². The van der Waals surface area contributed by atoms with Crippen molar-refractivity contribution < 1.29 is 4.39 Å². The first kappa shape index (κ1) is 21.1. The molecule has 4 rings (SSSR count). The van der Waals surface area contributed by atoms with Gasteiger partial charge in [-0.25, -0.2) is 9.37 Å². The highest BCUT2D eigenvalue weighted by Gasteiger charge is 2.11. The summed E-state index contributed by atoms with van der Waals surface area (Å²) in [7, 11) is 0. The molecule has 1 atom stereocenters. The summed E-state index contributed by atoms with van der Waals surface area (Å²) in [6, 6.07) is 12.0. The zero-order valence-electron chi connectivity index (χ0n) is 17.5. The van der Waals surface area contributed by atoms with Crippen LogP contribution in [-0.2, 0) is 6.42 Å². The van der Waals surface area contributed by atoms with Crippen molar-refractivity contribution in [3.8, 4) is 0 Å². The zero-order valence-corrected chi connectivity index (χ0v) is 17.5. The third-order valence-electron chi connectivity index (χ3n) is 4.70. The SMILES string of the molecule is C[C@H](Nc1nc(NCCc2cccnc2)cc(Nc2cnccn2)n1)c1ccc(F)cc1. The largest absolute Gasteiger partial charge is 0.370 e. The van der Waals surface area contributed by atoms with Crippen LogP contribution in [0.3, 0.4) is 0 Å². The number of rotatable bonds is 9. The lowest BCUT2D eigenvalue weighted by molar-refractivity contribution is 0.626. The molecule has 0 fully saturated rings. The molecule has 3 N–H and O–H groups in total. The Labute approximate surface area is 185 Å². The van der Waals surface area contributed by atoms with Crippen molar-refractivity contribution in [1.82, 2.24) is 24.9 Å². The van der Waals surface area contributed by atoms with Crippen molar-refractivity contribution in [3.63, 3.8) is 0 Å². The fourth-order valence-electron chi connectivity index (χ4n) is 3.07. The second-order valence-electron chi connectivity index (χ2n) is 7.13. The third kappa shape index (κ3) is 5.94. The molecule has 0 aliphatic carbocycles. The number of hydrogen-bond donors (Lipinski definition) is 3. The van der Waals surface area contributed by atoms with E-state index in [4.69, 9.17) is 0 Å². The molecule has 0 aliphatic heterocycles. The highest BCUT2D eigenvalue weighted by Crippen LogP contribution is 2.22. The Balaban J connectivity index is 1.51. The van der Waals surface area contributed by atoms with E-state index >= 15 is 0 Å². The second-order valence-corrected chi connectivity index (χ2v) is 7.13. The Bertz CT molecular complexity index is 1120. The van der Waals surface area contributed by atoms with Gasteiger partial charge in [0.25, 0.3) is 0 Å². The van der Waals surface area contributed by atoms with E-state index in [2.05, 4.69) is 40.9 Å². The lowest BCUT2D eigenvalue weighted by Gasteiger charge is -2.16. The zero-order chi connectivity index (χ0) is 22.2. The van der Waals surface area contributed by atoms with Crippen molar-refractivity contribution in [2.24, 2.45) is 0 Å². The van der Waals surface area contributed by atoms with E-state index < -0.39 is 0 Å². The van der Waals surface area contributed by atoms with Crippen LogP contribution in [0.4, 0.5) is 27.8 Å². The molecule has 0 amide bonds. The van der Waals surface area contributed by atoms with Crippen LogP contribution in [0.15, 0.2) is 73.4 Å². The molecule has 4 aromatic rings. The van der Waals surface area contributed by atoms with Gasteiger partial charge in [-0.05, 0) is 42.7 Å². The van der Waals surface area contributed by atoms with Gasteiger partial charge in [0.1, 0.15) is 23.3 Å². The molecule has 3 aromatic heterocycles. The number of nitrogens with zero attached hydrogens (tertiary/aromatic N) is 5.